The number of carboxylic acid groups (broad SMARTS) is 1. The highest BCUT2D eigenvalue weighted by Gasteiger charge is 2.62. The molecule has 6 nitrogen and oxygen atoms in total. The van der Waals surface area contributed by atoms with Crippen LogP contribution in [0.5, 0.6) is 0 Å². The number of nitrogens with one attached hydrogen (secondary N) is 1. The summed E-state index contributed by atoms with van der Waals surface area (Å²) in [6.45, 7) is 5.64. The fourth-order valence-corrected chi connectivity index (χ4v) is 6.11. The van der Waals surface area contributed by atoms with E-state index in [4.69, 9.17) is 5.73 Å². The molecule has 7 heteroatoms. The molecule has 1 aromatic heterocycles. The zero-order valence-corrected chi connectivity index (χ0v) is 17.4. The maximum absolute atomic E-state index is 15.5. The molecule has 30 heavy (non-hydrogen) atoms. The maximum atomic E-state index is 15.5. The minimum atomic E-state index is -1.27. The third-order valence-electron chi connectivity index (χ3n) is 7.72. The Morgan fingerprint density at radius 1 is 1.43 bits per heavy atom. The number of piperidine rings is 1. The van der Waals surface area contributed by atoms with Crippen molar-refractivity contribution in [2.24, 2.45) is 17.1 Å². The first-order chi connectivity index (χ1) is 14.3. The zero-order chi connectivity index (χ0) is 21.4. The Morgan fingerprint density at radius 3 is 2.80 bits per heavy atom. The average molecular weight is 413 g/mol. The van der Waals surface area contributed by atoms with E-state index < -0.39 is 17.2 Å². The smallest absolute Gasteiger partial charge is 0.341 e. The molecule has 2 heterocycles. The lowest BCUT2D eigenvalue weighted by molar-refractivity contribution is 0.0695. The number of hydrogen-bond donors (Lipinski definition) is 3. The summed E-state index contributed by atoms with van der Waals surface area (Å²) >= 11 is 0. The van der Waals surface area contributed by atoms with E-state index in [0.29, 0.717) is 17.0 Å². The van der Waals surface area contributed by atoms with Crippen LogP contribution in [-0.4, -0.2) is 34.8 Å². The molecule has 1 aliphatic heterocycles. The predicted molar refractivity (Wildman–Crippen MR) is 113 cm³/mol. The van der Waals surface area contributed by atoms with Crippen LogP contribution >= 0.6 is 0 Å². The Hall–Kier alpha value is -2.25. The van der Waals surface area contributed by atoms with Gasteiger partial charge >= 0.3 is 5.97 Å². The van der Waals surface area contributed by atoms with E-state index in [1.54, 1.807) is 0 Å². The number of rotatable bonds is 4. The summed E-state index contributed by atoms with van der Waals surface area (Å²) in [5, 5.41) is 13.1. The number of nitrogens with two attached hydrogens (primary N) is 1. The molecule has 2 aromatic rings. The molecule has 160 valence electrons. The molecule has 3 aliphatic rings. The number of pyridine rings is 1. The molecule has 1 saturated heterocycles. The van der Waals surface area contributed by atoms with E-state index in [-0.39, 0.29) is 34.4 Å². The van der Waals surface area contributed by atoms with E-state index >= 15 is 4.39 Å². The number of carbonyl (C=O) groups is 1. The highest BCUT2D eigenvalue weighted by Crippen LogP contribution is 2.66. The van der Waals surface area contributed by atoms with Crippen LogP contribution in [0.3, 0.4) is 0 Å². The Morgan fingerprint density at radius 2 is 2.17 bits per heavy atom. The number of hydrogen-bond acceptors (Lipinski definition) is 4. The van der Waals surface area contributed by atoms with Crippen LogP contribution in [0.15, 0.2) is 17.1 Å². The summed E-state index contributed by atoms with van der Waals surface area (Å²) < 4.78 is 17.3. The number of nitrogens with zero attached hydrogens (tertiary/aromatic N) is 1. The molecule has 1 aromatic carbocycles. The number of benzene rings is 1. The van der Waals surface area contributed by atoms with Crippen molar-refractivity contribution in [3.63, 3.8) is 0 Å². The van der Waals surface area contributed by atoms with Gasteiger partial charge in [-0.3, -0.25) is 4.79 Å². The molecule has 3 unspecified atom stereocenters. The number of aryl methyl sites for hydroxylation is 1. The van der Waals surface area contributed by atoms with Gasteiger partial charge < -0.3 is 20.7 Å². The van der Waals surface area contributed by atoms with Crippen LogP contribution in [0.2, 0.25) is 0 Å². The van der Waals surface area contributed by atoms with Gasteiger partial charge in [-0.1, -0.05) is 13.3 Å². The number of fused-ring (bicyclic) bond motifs is 1. The molecular weight excluding hydrogens is 385 g/mol. The largest absolute Gasteiger partial charge is 0.477 e. The van der Waals surface area contributed by atoms with Gasteiger partial charge in [-0.25, -0.2) is 9.18 Å². The normalized spacial score (nSPS) is 30.7. The van der Waals surface area contributed by atoms with Crippen molar-refractivity contribution in [1.29, 1.82) is 0 Å². The van der Waals surface area contributed by atoms with E-state index in [9.17, 15) is 14.7 Å². The predicted octanol–water partition coefficient (Wildman–Crippen LogP) is 2.91. The Labute approximate surface area is 174 Å². The molecule has 1 spiro atoms. The van der Waals surface area contributed by atoms with Gasteiger partial charge in [0.2, 0.25) is 5.43 Å². The second-order valence-corrected chi connectivity index (χ2v) is 9.41. The minimum Gasteiger partial charge on any atom is -0.477 e. The van der Waals surface area contributed by atoms with Gasteiger partial charge in [0.05, 0.1) is 5.52 Å². The van der Waals surface area contributed by atoms with Gasteiger partial charge in [-0.05, 0) is 60.6 Å². The first-order valence-corrected chi connectivity index (χ1v) is 10.9. The van der Waals surface area contributed by atoms with Crippen molar-refractivity contribution < 1.29 is 14.3 Å². The molecule has 0 radical (unpaired) electrons. The van der Waals surface area contributed by atoms with Gasteiger partial charge in [0.15, 0.2) is 0 Å². The molecule has 5 rings (SSSR count). The molecule has 0 amide bonds. The third-order valence-corrected chi connectivity index (χ3v) is 7.72. The highest BCUT2D eigenvalue weighted by atomic mass is 19.1. The van der Waals surface area contributed by atoms with E-state index in [1.807, 2.05) is 11.5 Å². The van der Waals surface area contributed by atoms with Crippen molar-refractivity contribution in [2.45, 2.75) is 57.5 Å². The zero-order valence-electron chi connectivity index (χ0n) is 17.4. The van der Waals surface area contributed by atoms with Crippen molar-refractivity contribution in [3.8, 4) is 0 Å². The van der Waals surface area contributed by atoms with Gasteiger partial charge in [0, 0.05) is 36.8 Å². The van der Waals surface area contributed by atoms with E-state index in [1.165, 1.54) is 12.3 Å². The molecule has 2 saturated carbocycles. The summed E-state index contributed by atoms with van der Waals surface area (Å²) in [5.74, 6) is -1.28. The number of aromatic carboxylic acids is 1. The highest BCUT2D eigenvalue weighted by molar-refractivity contribution is 5.94. The van der Waals surface area contributed by atoms with Crippen LogP contribution in [0.1, 0.15) is 66.1 Å². The first-order valence-electron chi connectivity index (χ1n) is 10.9. The molecular formula is C23H28FN3O3. The number of aromatic nitrogens is 1. The Kier molecular flexibility index (Phi) is 4.35. The number of carboxylic acids is 1. The van der Waals surface area contributed by atoms with Crippen molar-refractivity contribution >= 4 is 16.9 Å². The molecule has 4 N–H and O–H groups in total. The van der Waals surface area contributed by atoms with Gasteiger partial charge in [-0.15, -0.1) is 0 Å². The third kappa shape index (κ3) is 2.68. The van der Waals surface area contributed by atoms with Crippen LogP contribution in [0.4, 0.5) is 4.39 Å². The SMILES string of the molecule is CC[C@@H]1C(N)CNCC12CC2c1c(F)cc2c(=O)c(C(=O)O)cn(C3CC3)c2c1C. The lowest BCUT2D eigenvalue weighted by Crippen LogP contribution is -2.52. The molecule has 2 aliphatic carbocycles. The lowest BCUT2D eigenvalue weighted by atomic mass is 9.75. The maximum Gasteiger partial charge on any atom is 0.341 e. The van der Waals surface area contributed by atoms with Crippen molar-refractivity contribution in [3.05, 3.63) is 45.0 Å². The van der Waals surface area contributed by atoms with Gasteiger partial charge in [0.25, 0.3) is 0 Å². The van der Waals surface area contributed by atoms with Gasteiger partial charge in [-0.2, -0.15) is 0 Å². The lowest BCUT2D eigenvalue weighted by Gasteiger charge is -2.38. The summed E-state index contributed by atoms with van der Waals surface area (Å²) in [6, 6.07) is 1.50. The van der Waals surface area contributed by atoms with Gasteiger partial charge in [0.1, 0.15) is 11.4 Å². The Bertz CT molecular complexity index is 1120. The fraction of sp³-hybridized carbons (Fsp3) is 0.565. The summed E-state index contributed by atoms with van der Waals surface area (Å²) in [4.78, 5) is 24.4. The van der Waals surface area contributed by atoms with E-state index in [0.717, 1.165) is 44.3 Å². The molecule has 0 bridgehead atoms. The van der Waals surface area contributed by atoms with Crippen LogP contribution in [-0.2, 0) is 0 Å². The fourth-order valence-electron chi connectivity index (χ4n) is 6.11. The second-order valence-electron chi connectivity index (χ2n) is 9.41. The van der Waals surface area contributed by atoms with Crippen molar-refractivity contribution in [1.82, 2.24) is 9.88 Å². The quantitative estimate of drug-likeness (QED) is 0.716. The molecule has 3 fully saturated rings. The number of halogens is 1. The summed E-state index contributed by atoms with van der Waals surface area (Å²) in [6.07, 6.45) is 5.17. The van der Waals surface area contributed by atoms with Crippen LogP contribution < -0.4 is 16.5 Å². The van der Waals surface area contributed by atoms with Crippen LogP contribution in [0.25, 0.3) is 10.9 Å². The standard InChI is InChI=1S/C23H28FN3O3/c1-3-15-18(25)8-26-10-23(15)7-16(23)19-11(2)20-13(6-17(19)24)21(28)14(22(29)30)9-27(20)12-4-5-12/h6,9,12,15-16,18,26H,3-5,7-8,10,25H2,1-2H3,(H,29,30)/t15-,16?,18?,23?/m1/s1. The average Bonchev–Trinajstić information content (AvgIpc) is 3.60. The topological polar surface area (TPSA) is 97.3 Å². The first kappa shape index (κ1) is 19.7. The summed E-state index contributed by atoms with van der Waals surface area (Å²) in [7, 11) is 0. The summed E-state index contributed by atoms with van der Waals surface area (Å²) in [5.41, 5.74) is 7.57. The minimum absolute atomic E-state index is 0.0442. The Balaban J connectivity index is 1.70. The monoisotopic (exact) mass is 413 g/mol. The second kappa shape index (κ2) is 6.62. The molecule has 4 atom stereocenters. The van der Waals surface area contributed by atoms with Crippen molar-refractivity contribution in [2.75, 3.05) is 13.1 Å². The van der Waals surface area contributed by atoms with Crippen LogP contribution in [0, 0.1) is 24.1 Å². The van der Waals surface area contributed by atoms with E-state index in [2.05, 4.69) is 12.2 Å².